The molecule has 1 fully saturated rings. The van der Waals surface area contributed by atoms with E-state index in [4.69, 9.17) is 16.6 Å². The third kappa shape index (κ3) is 3.66. The van der Waals surface area contributed by atoms with Gasteiger partial charge in [-0.25, -0.2) is 4.98 Å². The molecule has 1 aliphatic heterocycles. The summed E-state index contributed by atoms with van der Waals surface area (Å²) in [6.45, 7) is 2.97. The third-order valence-corrected chi connectivity index (χ3v) is 6.62. The molecule has 150 valence electrons. The van der Waals surface area contributed by atoms with Crippen LogP contribution in [0.1, 0.15) is 10.4 Å². The van der Waals surface area contributed by atoms with Crippen LogP contribution >= 0.6 is 22.9 Å². The summed E-state index contributed by atoms with van der Waals surface area (Å²) < 4.78 is 0. The fraction of sp³-hybridized carbons (Fsp3) is 0.167. The van der Waals surface area contributed by atoms with Gasteiger partial charge in [0.15, 0.2) is 0 Å². The Hall–Kier alpha value is -2.89. The molecule has 0 spiro atoms. The van der Waals surface area contributed by atoms with Gasteiger partial charge in [-0.05, 0) is 47.8 Å². The highest BCUT2D eigenvalue weighted by atomic mass is 35.5. The van der Waals surface area contributed by atoms with Crippen LogP contribution in [0.5, 0.6) is 0 Å². The van der Waals surface area contributed by atoms with E-state index < -0.39 is 0 Å². The number of carbonyl (C=O) groups is 1. The molecule has 0 unspecified atom stereocenters. The van der Waals surface area contributed by atoms with Crippen molar-refractivity contribution in [3.8, 4) is 10.6 Å². The van der Waals surface area contributed by atoms with Gasteiger partial charge in [0.25, 0.3) is 5.91 Å². The second-order valence-electron chi connectivity index (χ2n) is 7.31. The van der Waals surface area contributed by atoms with Gasteiger partial charge in [-0.2, -0.15) is 0 Å². The van der Waals surface area contributed by atoms with Crippen LogP contribution in [0.25, 0.3) is 21.5 Å². The van der Waals surface area contributed by atoms with Gasteiger partial charge >= 0.3 is 0 Å². The predicted molar refractivity (Wildman–Crippen MR) is 125 cm³/mol. The highest BCUT2D eigenvalue weighted by molar-refractivity contribution is 7.13. The van der Waals surface area contributed by atoms with Crippen molar-refractivity contribution in [2.45, 2.75) is 0 Å². The SMILES string of the molecule is O=C(c1cc(-c2cccs2)nc2ccccc12)N1CCN(c2ccc(Cl)cc2)CC1. The average Bonchev–Trinajstić information content (AvgIpc) is 3.34. The Morgan fingerprint density at radius 3 is 2.43 bits per heavy atom. The standard InChI is InChI=1S/C24H20ClN3OS/c25-17-7-9-18(10-8-17)27-11-13-28(14-12-27)24(29)20-16-22(23-6-3-15-30-23)26-21-5-2-1-4-19(20)21/h1-10,15-16H,11-14H2. The van der Waals surface area contributed by atoms with E-state index >= 15 is 0 Å². The number of halogens is 1. The molecular formula is C24H20ClN3OS. The molecule has 0 bridgehead atoms. The number of benzene rings is 2. The van der Waals surface area contributed by atoms with Crippen molar-refractivity contribution in [2.75, 3.05) is 31.1 Å². The first kappa shape index (κ1) is 19.1. The fourth-order valence-electron chi connectivity index (χ4n) is 3.89. The molecule has 30 heavy (non-hydrogen) atoms. The van der Waals surface area contributed by atoms with Crippen LogP contribution in [0.4, 0.5) is 5.69 Å². The van der Waals surface area contributed by atoms with Crippen LogP contribution in [0, 0.1) is 0 Å². The minimum atomic E-state index is 0.0714. The summed E-state index contributed by atoms with van der Waals surface area (Å²) in [4.78, 5) is 23.6. The highest BCUT2D eigenvalue weighted by Gasteiger charge is 2.24. The van der Waals surface area contributed by atoms with Crippen molar-refractivity contribution in [1.82, 2.24) is 9.88 Å². The van der Waals surface area contributed by atoms with Crippen LogP contribution in [-0.2, 0) is 0 Å². The molecule has 5 rings (SSSR count). The first-order valence-electron chi connectivity index (χ1n) is 9.92. The third-order valence-electron chi connectivity index (χ3n) is 5.48. The maximum atomic E-state index is 13.5. The van der Waals surface area contributed by atoms with Gasteiger partial charge in [0.05, 0.1) is 21.7 Å². The molecule has 2 aromatic heterocycles. The van der Waals surface area contributed by atoms with E-state index in [9.17, 15) is 4.79 Å². The van der Waals surface area contributed by atoms with Gasteiger partial charge in [-0.15, -0.1) is 11.3 Å². The maximum Gasteiger partial charge on any atom is 0.254 e. The number of aromatic nitrogens is 1. The maximum absolute atomic E-state index is 13.5. The number of amides is 1. The minimum Gasteiger partial charge on any atom is -0.368 e. The number of pyridine rings is 1. The number of hydrogen-bond acceptors (Lipinski definition) is 4. The lowest BCUT2D eigenvalue weighted by molar-refractivity contribution is 0.0748. The summed E-state index contributed by atoms with van der Waals surface area (Å²) in [7, 11) is 0. The van der Waals surface area contributed by atoms with Crippen LogP contribution in [-0.4, -0.2) is 42.0 Å². The molecule has 0 saturated carbocycles. The predicted octanol–water partition coefficient (Wildman–Crippen LogP) is 5.58. The number of thiophene rings is 1. The molecule has 0 N–H and O–H groups in total. The normalized spacial score (nSPS) is 14.3. The Kier molecular flexibility index (Phi) is 5.15. The van der Waals surface area contributed by atoms with Gasteiger partial charge in [0, 0.05) is 42.3 Å². The Morgan fingerprint density at radius 1 is 0.933 bits per heavy atom. The zero-order chi connectivity index (χ0) is 20.5. The second-order valence-corrected chi connectivity index (χ2v) is 8.69. The second kappa shape index (κ2) is 8.09. The van der Waals surface area contributed by atoms with Gasteiger partial charge in [0.2, 0.25) is 0 Å². The molecular weight excluding hydrogens is 414 g/mol. The van der Waals surface area contributed by atoms with E-state index in [1.165, 1.54) is 0 Å². The zero-order valence-electron chi connectivity index (χ0n) is 16.3. The molecule has 0 atom stereocenters. The van der Waals surface area contributed by atoms with Gasteiger partial charge < -0.3 is 9.80 Å². The number of nitrogens with zero attached hydrogens (tertiary/aromatic N) is 3. The molecule has 1 aliphatic rings. The number of para-hydroxylation sites is 1. The molecule has 4 nitrogen and oxygen atoms in total. The first-order chi connectivity index (χ1) is 14.7. The molecule has 1 amide bonds. The highest BCUT2D eigenvalue weighted by Crippen LogP contribution is 2.29. The molecule has 2 aromatic carbocycles. The van der Waals surface area contributed by atoms with E-state index in [2.05, 4.69) is 4.90 Å². The summed E-state index contributed by atoms with van der Waals surface area (Å²) in [5, 5.41) is 3.67. The Bertz CT molecular complexity index is 1180. The summed E-state index contributed by atoms with van der Waals surface area (Å²) in [6, 6.07) is 21.8. The monoisotopic (exact) mass is 433 g/mol. The number of hydrogen-bond donors (Lipinski definition) is 0. The lowest BCUT2D eigenvalue weighted by Crippen LogP contribution is -2.48. The van der Waals surface area contributed by atoms with Crippen molar-refractivity contribution in [1.29, 1.82) is 0 Å². The Balaban J connectivity index is 1.42. The Labute approximate surface area is 184 Å². The molecule has 1 saturated heterocycles. The van der Waals surface area contributed by atoms with Crippen LogP contribution in [0.2, 0.25) is 5.02 Å². The summed E-state index contributed by atoms with van der Waals surface area (Å²) in [6.07, 6.45) is 0. The smallest absolute Gasteiger partial charge is 0.254 e. The van der Waals surface area contributed by atoms with Gasteiger partial charge in [0.1, 0.15) is 0 Å². The molecule has 0 aliphatic carbocycles. The van der Waals surface area contributed by atoms with E-state index in [-0.39, 0.29) is 5.91 Å². The molecule has 3 heterocycles. The first-order valence-corrected chi connectivity index (χ1v) is 11.2. The lowest BCUT2D eigenvalue weighted by Gasteiger charge is -2.36. The van der Waals surface area contributed by atoms with Crippen LogP contribution < -0.4 is 4.90 Å². The van der Waals surface area contributed by atoms with Crippen molar-refractivity contribution >= 4 is 45.4 Å². The van der Waals surface area contributed by atoms with E-state index in [0.29, 0.717) is 13.1 Å². The number of rotatable bonds is 3. The number of anilines is 1. The minimum absolute atomic E-state index is 0.0714. The quantitative estimate of drug-likeness (QED) is 0.423. The van der Waals surface area contributed by atoms with Crippen LogP contribution in [0.15, 0.2) is 72.1 Å². The largest absolute Gasteiger partial charge is 0.368 e. The van der Waals surface area contributed by atoms with E-state index in [0.717, 1.165) is 50.8 Å². The van der Waals surface area contributed by atoms with Crippen molar-refractivity contribution < 1.29 is 4.79 Å². The summed E-state index contributed by atoms with van der Waals surface area (Å²) in [5.74, 6) is 0.0714. The zero-order valence-corrected chi connectivity index (χ0v) is 17.9. The molecule has 6 heteroatoms. The summed E-state index contributed by atoms with van der Waals surface area (Å²) in [5.41, 5.74) is 3.57. The average molecular weight is 434 g/mol. The lowest BCUT2D eigenvalue weighted by atomic mass is 10.1. The topological polar surface area (TPSA) is 36.4 Å². The van der Waals surface area contributed by atoms with Crippen molar-refractivity contribution in [2.24, 2.45) is 0 Å². The fourth-order valence-corrected chi connectivity index (χ4v) is 4.71. The Morgan fingerprint density at radius 2 is 1.70 bits per heavy atom. The number of fused-ring (bicyclic) bond motifs is 1. The van der Waals surface area contributed by atoms with Crippen molar-refractivity contribution in [3.05, 3.63) is 82.7 Å². The van der Waals surface area contributed by atoms with E-state index in [1.54, 1.807) is 11.3 Å². The molecule has 4 aromatic rings. The van der Waals surface area contributed by atoms with E-state index in [1.807, 2.05) is 77.0 Å². The number of carbonyl (C=O) groups excluding carboxylic acids is 1. The number of piperazine rings is 1. The van der Waals surface area contributed by atoms with Gasteiger partial charge in [-0.3, -0.25) is 4.79 Å². The van der Waals surface area contributed by atoms with Crippen molar-refractivity contribution in [3.63, 3.8) is 0 Å². The van der Waals surface area contributed by atoms with Crippen LogP contribution in [0.3, 0.4) is 0 Å². The molecule has 0 radical (unpaired) electrons. The summed E-state index contributed by atoms with van der Waals surface area (Å²) >= 11 is 7.64. The van der Waals surface area contributed by atoms with Gasteiger partial charge in [-0.1, -0.05) is 35.9 Å².